The summed E-state index contributed by atoms with van der Waals surface area (Å²) in [6.07, 6.45) is 2.98. The molecule has 1 spiro atoms. The zero-order valence-corrected chi connectivity index (χ0v) is 15.2. The van der Waals surface area contributed by atoms with Gasteiger partial charge in [0.25, 0.3) is 0 Å². The molecular weight excluding hydrogens is 326 g/mol. The van der Waals surface area contributed by atoms with Crippen molar-refractivity contribution in [1.29, 1.82) is 0 Å². The summed E-state index contributed by atoms with van der Waals surface area (Å²) in [6.45, 7) is 7.85. The number of aromatic nitrogens is 2. The third-order valence-corrected chi connectivity index (χ3v) is 4.69. The Hall–Kier alpha value is -2.32. The van der Waals surface area contributed by atoms with Crippen LogP contribution in [0.25, 0.3) is 0 Å². The minimum Gasteiger partial charge on any atom is -0.444 e. The van der Waals surface area contributed by atoms with E-state index >= 15 is 0 Å². The molecule has 0 radical (unpaired) electrons. The maximum absolute atomic E-state index is 12.5. The molecule has 0 atom stereocenters. The molecule has 1 aliphatic heterocycles. The molecule has 0 N–H and O–H groups in total. The van der Waals surface area contributed by atoms with E-state index in [1.807, 2.05) is 25.7 Å². The van der Waals surface area contributed by atoms with E-state index in [2.05, 4.69) is 5.10 Å². The van der Waals surface area contributed by atoms with Gasteiger partial charge < -0.3 is 14.5 Å². The van der Waals surface area contributed by atoms with Gasteiger partial charge in [-0.05, 0) is 33.6 Å². The smallest absolute Gasteiger partial charge is 0.410 e. The SMILES string of the molecule is Cn1ncc([N+](=O)[O-])c1N1CCN(C(=O)OC(C)(C)C)CC2(CC2)C1. The van der Waals surface area contributed by atoms with E-state index in [-0.39, 0.29) is 17.2 Å². The van der Waals surface area contributed by atoms with Crippen LogP contribution in [0.2, 0.25) is 0 Å². The van der Waals surface area contributed by atoms with Crippen LogP contribution in [-0.4, -0.2) is 57.5 Å². The lowest BCUT2D eigenvalue weighted by Crippen LogP contribution is -2.40. The Labute approximate surface area is 146 Å². The molecule has 9 heteroatoms. The zero-order valence-electron chi connectivity index (χ0n) is 15.2. The first-order chi connectivity index (χ1) is 11.6. The summed E-state index contributed by atoms with van der Waals surface area (Å²) in [5, 5.41) is 15.4. The first kappa shape index (κ1) is 17.5. The molecule has 2 fully saturated rings. The fourth-order valence-electron chi connectivity index (χ4n) is 3.33. The number of hydrogen-bond donors (Lipinski definition) is 0. The number of carbonyl (C=O) groups excluding carboxylic acids is 1. The predicted octanol–water partition coefficient (Wildman–Crippen LogP) is 2.17. The van der Waals surface area contributed by atoms with Crippen molar-refractivity contribution in [3.63, 3.8) is 0 Å². The van der Waals surface area contributed by atoms with Gasteiger partial charge in [0.15, 0.2) is 0 Å². The van der Waals surface area contributed by atoms with Crippen molar-refractivity contribution < 1.29 is 14.5 Å². The first-order valence-corrected chi connectivity index (χ1v) is 8.50. The second-order valence-electron chi connectivity index (χ2n) is 8.06. The highest BCUT2D eigenvalue weighted by atomic mass is 16.6. The minimum atomic E-state index is -0.541. The first-order valence-electron chi connectivity index (χ1n) is 8.50. The third-order valence-electron chi connectivity index (χ3n) is 4.69. The number of hydrogen-bond acceptors (Lipinski definition) is 6. The van der Waals surface area contributed by atoms with Gasteiger partial charge in [-0.15, -0.1) is 0 Å². The van der Waals surface area contributed by atoms with Gasteiger partial charge in [-0.1, -0.05) is 0 Å². The molecule has 1 amide bonds. The van der Waals surface area contributed by atoms with Crippen LogP contribution >= 0.6 is 0 Å². The van der Waals surface area contributed by atoms with E-state index < -0.39 is 10.5 Å². The lowest BCUT2D eigenvalue weighted by molar-refractivity contribution is -0.384. The zero-order chi connectivity index (χ0) is 18.4. The molecule has 25 heavy (non-hydrogen) atoms. The molecule has 0 unspecified atom stereocenters. The molecule has 1 aromatic heterocycles. The van der Waals surface area contributed by atoms with Crippen molar-refractivity contribution in [3.8, 4) is 0 Å². The third kappa shape index (κ3) is 3.69. The van der Waals surface area contributed by atoms with Crippen molar-refractivity contribution in [2.45, 2.75) is 39.2 Å². The number of anilines is 1. The normalized spacial score (nSPS) is 19.7. The summed E-state index contributed by atoms with van der Waals surface area (Å²) in [5.41, 5.74) is -0.546. The second kappa shape index (κ2) is 5.89. The fraction of sp³-hybridized carbons (Fsp3) is 0.750. The van der Waals surface area contributed by atoms with Crippen LogP contribution in [0, 0.1) is 15.5 Å². The monoisotopic (exact) mass is 351 g/mol. The average Bonchev–Trinajstić information content (AvgIpc) is 3.17. The lowest BCUT2D eigenvalue weighted by atomic mass is 10.1. The van der Waals surface area contributed by atoms with E-state index in [4.69, 9.17) is 4.74 Å². The van der Waals surface area contributed by atoms with Gasteiger partial charge in [0, 0.05) is 38.6 Å². The lowest BCUT2D eigenvalue weighted by Gasteiger charge is -2.27. The van der Waals surface area contributed by atoms with E-state index in [9.17, 15) is 14.9 Å². The van der Waals surface area contributed by atoms with Crippen LogP contribution in [0.3, 0.4) is 0 Å². The standard InChI is InChI=1S/C16H25N5O4/c1-15(2,3)25-14(22)20-8-7-19(10-16(11-20)5-6-16)13-12(21(23)24)9-17-18(13)4/h9H,5-8,10-11H2,1-4H3. The topological polar surface area (TPSA) is 93.7 Å². The summed E-state index contributed by atoms with van der Waals surface area (Å²) in [4.78, 5) is 27.1. The summed E-state index contributed by atoms with van der Waals surface area (Å²) in [5.74, 6) is 0.502. The fourth-order valence-corrected chi connectivity index (χ4v) is 3.33. The molecule has 2 heterocycles. The molecule has 9 nitrogen and oxygen atoms in total. The highest BCUT2D eigenvalue weighted by Gasteiger charge is 2.49. The van der Waals surface area contributed by atoms with Crippen LogP contribution in [0.15, 0.2) is 6.20 Å². The Kier molecular flexibility index (Phi) is 4.12. The van der Waals surface area contributed by atoms with Crippen molar-refractivity contribution in [2.24, 2.45) is 12.5 Å². The molecule has 0 aromatic carbocycles. The molecule has 138 valence electrons. The van der Waals surface area contributed by atoms with Gasteiger partial charge in [0.05, 0.1) is 4.92 Å². The summed E-state index contributed by atoms with van der Waals surface area (Å²) >= 11 is 0. The highest BCUT2D eigenvalue weighted by Crippen LogP contribution is 2.49. The molecule has 3 rings (SSSR count). The van der Waals surface area contributed by atoms with Crippen LogP contribution in [0.5, 0.6) is 0 Å². The van der Waals surface area contributed by atoms with E-state index in [0.29, 0.717) is 32.0 Å². The van der Waals surface area contributed by atoms with E-state index in [1.54, 1.807) is 11.9 Å². The highest BCUT2D eigenvalue weighted by molar-refractivity contribution is 5.69. The maximum atomic E-state index is 12.5. The Bertz CT molecular complexity index is 689. The quantitative estimate of drug-likeness (QED) is 0.599. The maximum Gasteiger partial charge on any atom is 0.410 e. The molecule has 1 saturated carbocycles. The summed E-state index contributed by atoms with van der Waals surface area (Å²) in [7, 11) is 1.71. The number of rotatable bonds is 2. The Balaban J connectivity index is 1.82. The molecule has 1 aliphatic carbocycles. The van der Waals surface area contributed by atoms with Crippen molar-refractivity contribution in [3.05, 3.63) is 16.3 Å². The number of ether oxygens (including phenoxy) is 1. The van der Waals surface area contributed by atoms with Crippen molar-refractivity contribution in [1.82, 2.24) is 14.7 Å². The number of carbonyl (C=O) groups is 1. The largest absolute Gasteiger partial charge is 0.444 e. The summed E-state index contributed by atoms with van der Waals surface area (Å²) in [6, 6.07) is 0. The average molecular weight is 351 g/mol. The van der Waals surface area contributed by atoms with E-state index in [1.165, 1.54) is 10.9 Å². The van der Waals surface area contributed by atoms with Gasteiger partial charge in [-0.25, -0.2) is 9.48 Å². The van der Waals surface area contributed by atoms with Gasteiger partial charge in [-0.2, -0.15) is 5.10 Å². The van der Waals surface area contributed by atoms with Gasteiger partial charge >= 0.3 is 11.8 Å². The Morgan fingerprint density at radius 2 is 2.00 bits per heavy atom. The van der Waals surface area contributed by atoms with Crippen LogP contribution in [0.1, 0.15) is 33.6 Å². The molecule has 1 saturated heterocycles. The number of amides is 1. The predicted molar refractivity (Wildman–Crippen MR) is 91.5 cm³/mol. The minimum absolute atomic E-state index is 0.00372. The van der Waals surface area contributed by atoms with Gasteiger partial charge in [0.2, 0.25) is 5.82 Å². The molecule has 1 aromatic rings. The van der Waals surface area contributed by atoms with Gasteiger partial charge in [-0.3, -0.25) is 10.1 Å². The van der Waals surface area contributed by atoms with Gasteiger partial charge in [0.1, 0.15) is 11.8 Å². The second-order valence-corrected chi connectivity index (χ2v) is 8.06. The van der Waals surface area contributed by atoms with Crippen LogP contribution in [-0.2, 0) is 11.8 Å². The van der Waals surface area contributed by atoms with E-state index in [0.717, 1.165) is 12.8 Å². The molecular formula is C16H25N5O4. The number of nitrogens with zero attached hydrogens (tertiary/aromatic N) is 5. The Morgan fingerprint density at radius 1 is 1.32 bits per heavy atom. The number of nitro groups is 1. The van der Waals surface area contributed by atoms with Crippen molar-refractivity contribution >= 4 is 17.6 Å². The van der Waals surface area contributed by atoms with Crippen molar-refractivity contribution in [2.75, 3.05) is 31.1 Å². The Morgan fingerprint density at radius 3 is 2.56 bits per heavy atom. The molecule has 2 aliphatic rings. The number of aryl methyl sites for hydroxylation is 1. The van der Waals surface area contributed by atoms with Crippen LogP contribution in [0.4, 0.5) is 16.3 Å². The van der Waals surface area contributed by atoms with Crippen LogP contribution < -0.4 is 4.90 Å². The molecule has 0 bridgehead atoms. The summed E-state index contributed by atoms with van der Waals surface area (Å²) < 4.78 is 7.05.